The molecule has 0 aliphatic heterocycles. The minimum Gasteiger partial charge on any atom is -0.488 e. The Bertz CT molecular complexity index is 2730. The van der Waals surface area contributed by atoms with Crippen molar-refractivity contribution in [3.8, 4) is 5.75 Å². The van der Waals surface area contributed by atoms with Gasteiger partial charge in [-0.2, -0.15) is 0 Å². The van der Waals surface area contributed by atoms with Crippen LogP contribution < -0.4 is 36.6 Å². The van der Waals surface area contributed by atoms with Crippen molar-refractivity contribution in [2.45, 2.75) is 155 Å². The fourth-order valence-corrected chi connectivity index (χ4v) is 9.46. The SMILES string of the molecule is CC[C@H](C)[C@H](NC(=O)[C@H](Cc1ccc(OC(C)(C)C)cc1)NC)C(=O)O[C@H](C)[C@H](NC(=O)[C@H](CCC(=O)NCC(c1ccccc1)(c1ccccc1)c1ccccc1)NC(=O)C(C)C)C(=O)N[C@@H](CC(C)C)C(=O)OCc1ccccc1. The van der Waals surface area contributed by atoms with Crippen molar-refractivity contribution >= 4 is 41.5 Å². The highest BCUT2D eigenvalue weighted by molar-refractivity contribution is 5.95. The number of amides is 5. The summed E-state index contributed by atoms with van der Waals surface area (Å²) in [5.41, 5.74) is 3.18. The zero-order valence-corrected chi connectivity index (χ0v) is 49.6. The average molecular weight is 1120 g/mol. The van der Waals surface area contributed by atoms with E-state index in [1.807, 2.05) is 175 Å². The first-order valence-corrected chi connectivity index (χ1v) is 28.6. The molecule has 5 amide bonds. The summed E-state index contributed by atoms with van der Waals surface area (Å²) in [5.74, 6) is -5.17. The van der Waals surface area contributed by atoms with E-state index >= 15 is 0 Å². The van der Waals surface area contributed by atoms with Crippen LogP contribution in [-0.2, 0) is 61.5 Å². The average Bonchev–Trinajstić information content (AvgIpc) is 3.64. The molecule has 0 heterocycles. The predicted octanol–water partition coefficient (Wildman–Crippen LogP) is 8.29. The number of hydrogen-bond donors (Lipinski definition) is 6. The number of rotatable bonds is 30. The summed E-state index contributed by atoms with van der Waals surface area (Å²) in [5, 5.41) is 17.3. The maximum Gasteiger partial charge on any atom is 0.329 e. The van der Waals surface area contributed by atoms with Crippen LogP contribution in [0.5, 0.6) is 5.75 Å². The number of carbonyl (C=O) groups excluding carboxylic acids is 7. The smallest absolute Gasteiger partial charge is 0.329 e. The molecular weight excluding hydrogens is 1040 g/mol. The normalized spacial score (nSPS) is 14.2. The molecule has 5 rings (SSSR count). The van der Waals surface area contributed by atoms with E-state index in [4.69, 9.17) is 14.2 Å². The van der Waals surface area contributed by atoms with Gasteiger partial charge in [-0.3, -0.25) is 24.0 Å². The Balaban J connectivity index is 1.42. The first-order valence-electron chi connectivity index (χ1n) is 28.6. The van der Waals surface area contributed by atoms with Gasteiger partial charge in [0, 0.05) is 18.9 Å². The first kappa shape index (κ1) is 65.0. The van der Waals surface area contributed by atoms with Crippen LogP contribution in [0.1, 0.15) is 123 Å². The van der Waals surface area contributed by atoms with Gasteiger partial charge in [-0.25, -0.2) is 9.59 Å². The molecule has 0 aliphatic rings. The highest BCUT2D eigenvalue weighted by atomic mass is 16.5. The van der Waals surface area contributed by atoms with E-state index in [2.05, 4.69) is 31.9 Å². The summed E-state index contributed by atoms with van der Waals surface area (Å²) in [7, 11) is 1.65. The van der Waals surface area contributed by atoms with E-state index in [0.29, 0.717) is 12.2 Å². The van der Waals surface area contributed by atoms with Gasteiger partial charge in [0.25, 0.3) is 0 Å². The predicted molar refractivity (Wildman–Crippen MR) is 318 cm³/mol. The molecule has 7 atom stereocenters. The van der Waals surface area contributed by atoms with E-state index < -0.39 is 101 Å². The topological polar surface area (TPSA) is 219 Å². The van der Waals surface area contributed by atoms with Crippen LogP contribution in [0.2, 0.25) is 0 Å². The Labute approximate surface area is 485 Å². The van der Waals surface area contributed by atoms with Crippen molar-refractivity contribution < 1.29 is 47.8 Å². The summed E-state index contributed by atoms with van der Waals surface area (Å²) in [4.78, 5) is 99.5. The molecule has 5 aromatic carbocycles. The second kappa shape index (κ2) is 31.4. The van der Waals surface area contributed by atoms with Crippen LogP contribution in [0.4, 0.5) is 0 Å². The molecule has 16 nitrogen and oxygen atoms in total. The quantitative estimate of drug-likeness (QED) is 0.0190. The van der Waals surface area contributed by atoms with Crippen molar-refractivity contribution in [3.63, 3.8) is 0 Å². The van der Waals surface area contributed by atoms with Crippen LogP contribution in [0, 0.1) is 17.8 Å². The van der Waals surface area contributed by atoms with Gasteiger partial charge in [-0.05, 0) is 106 Å². The Morgan fingerprint density at radius 1 is 0.537 bits per heavy atom. The molecule has 0 saturated carbocycles. The maximum atomic E-state index is 14.8. The fourth-order valence-electron chi connectivity index (χ4n) is 9.46. The van der Waals surface area contributed by atoms with Gasteiger partial charge in [0.05, 0.1) is 11.5 Å². The lowest BCUT2D eigenvalue weighted by Crippen LogP contribution is -2.61. The Morgan fingerprint density at radius 2 is 1.04 bits per heavy atom. The molecule has 0 fully saturated rings. The fraction of sp³-hybridized carbons (Fsp3) is 0.439. The van der Waals surface area contributed by atoms with Crippen molar-refractivity contribution in [1.29, 1.82) is 0 Å². The third-order valence-electron chi connectivity index (χ3n) is 14.3. The van der Waals surface area contributed by atoms with E-state index in [0.717, 1.165) is 27.8 Å². The van der Waals surface area contributed by atoms with Gasteiger partial charge in [0.15, 0.2) is 0 Å². The lowest BCUT2D eigenvalue weighted by molar-refractivity contribution is -0.158. The zero-order valence-electron chi connectivity index (χ0n) is 49.6. The molecule has 0 spiro atoms. The second-order valence-electron chi connectivity index (χ2n) is 22.7. The Kier molecular flexibility index (Phi) is 24.9. The van der Waals surface area contributed by atoms with Crippen LogP contribution >= 0.6 is 0 Å². The van der Waals surface area contributed by atoms with Crippen molar-refractivity contribution in [3.05, 3.63) is 173 Å². The van der Waals surface area contributed by atoms with Crippen molar-refractivity contribution in [2.75, 3.05) is 13.6 Å². The summed E-state index contributed by atoms with van der Waals surface area (Å²) >= 11 is 0. The lowest BCUT2D eigenvalue weighted by Gasteiger charge is -2.36. The molecule has 0 unspecified atom stereocenters. The van der Waals surface area contributed by atoms with Crippen LogP contribution in [0.25, 0.3) is 0 Å². The molecule has 82 heavy (non-hydrogen) atoms. The molecule has 440 valence electrons. The van der Waals surface area contributed by atoms with Crippen molar-refractivity contribution in [1.82, 2.24) is 31.9 Å². The van der Waals surface area contributed by atoms with E-state index in [1.165, 1.54) is 6.92 Å². The first-order chi connectivity index (χ1) is 39.0. The second-order valence-corrected chi connectivity index (χ2v) is 22.7. The number of benzene rings is 5. The molecular formula is C66H86N6O10. The number of carbonyl (C=O) groups is 7. The van der Waals surface area contributed by atoms with Crippen LogP contribution in [0.15, 0.2) is 146 Å². The van der Waals surface area contributed by atoms with Gasteiger partial charge in [0.1, 0.15) is 48.2 Å². The molecule has 5 aromatic rings. The number of hydrogen-bond acceptors (Lipinski definition) is 11. The molecule has 6 N–H and O–H groups in total. The Hall–Kier alpha value is -7.85. The molecule has 0 bridgehead atoms. The van der Waals surface area contributed by atoms with Gasteiger partial charge in [-0.15, -0.1) is 0 Å². The standard InChI is InChI=1S/C66H86N6O10/c1-12-45(6)57(71-61(76)54(67-11)40-47-33-35-52(36-34-47)82-65(8,9)10)64(79)81-46(7)58(62(77)70-55(39-43(2)3)63(78)80-41-48-25-17-13-18-26-48)72-60(75)53(69-59(74)44(4)5)37-38-56(73)68-42-66(49-27-19-14-20-28-49,50-29-21-15-22-30-50)51-31-23-16-24-32-51/h13-36,43-46,53-55,57-58,67H,12,37-42H2,1-11H3,(H,68,73)(H,69,74)(H,70,77)(H,71,76)(H,72,75)/t45-,46+,53-,54-,55-,57-,58-/m0/s1. The third-order valence-corrected chi connectivity index (χ3v) is 14.3. The highest BCUT2D eigenvalue weighted by Crippen LogP contribution is 2.39. The van der Waals surface area contributed by atoms with Gasteiger partial charge in [0.2, 0.25) is 29.5 Å². The van der Waals surface area contributed by atoms with Crippen LogP contribution in [0.3, 0.4) is 0 Å². The summed E-state index contributed by atoms with van der Waals surface area (Å²) < 4.78 is 17.7. The minimum absolute atomic E-state index is 0.0648. The van der Waals surface area contributed by atoms with E-state index in [9.17, 15) is 33.6 Å². The molecule has 0 aromatic heterocycles. The van der Waals surface area contributed by atoms with Gasteiger partial charge >= 0.3 is 11.9 Å². The molecule has 0 saturated heterocycles. The van der Waals surface area contributed by atoms with E-state index in [-0.39, 0.29) is 44.8 Å². The minimum atomic E-state index is -1.67. The molecule has 16 heteroatoms. The summed E-state index contributed by atoms with van der Waals surface area (Å²) in [6.45, 7) is 18.1. The summed E-state index contributed by atoms with van der Waals surface area (Å²) in [6, 6.07) is 39.9. The highest BCUT2D eigenvalue weighted by Gasteiger charge is 2.40. The Morgan fingerprint density at radius 3 is 1.52 bits per heavy atom. The summed E-state index contributed by atoms with van der Waals surface area (Å²) in [6.07, 6.45) is -0.966. The largest absolute Gasteiger partial charge is 0.488 e. The van der Waals surface area contributed by atoms with Gasteiger partial charge in [-0.1, -0.05) is 181 Å². The number of likely N-dealkylation sites (N-methyl/N-ethyl adjacent to an activating group) is 1. The van der Waals surface area contributed by atoms with E-state index in [1.54, 1.807) is 40.0 Å². The third kappa shape index (κ3) is 19.4. The van der Waals surface area contributed by atoms with Crippen LogP contribution in [-0.4, -0.2) is 97.0 Å². The molecule has 0 aliphatic carbocycles. The van der Waals surface area contributed by atoms with Crippen molar-refractivity contribution in [2.24, 2.45) is 17.8 Å². The zero-order chi connectivity index (χ0) is 60.0. The lowest BCUT2D eigenvalue weighted by atomic mass is 9.69. The number of ether oxygens (including phenoxy) is 3. The number of esters is 2. The van der Waals surface area contributed by atoms with Gasteiger partial charge < -0.3 is 46.1 Å². The maximum absolute atomic E-state index is 14.8. The molecule has 0 radical (unpaired) electrons. The number of nitrogens with one attached hydrogen (secondary N) is 6. The monoisotopic (exact) mass is 1120 g/mol.